The van der Waals surface area contributed by atoms with Crippen molar-refractivity contribution in [2.24, 2.45) is 0 Å². The normalized spacial score (nSPS) is 11.9. The number of halogens is 3. The number of rotatable bonds is 7. The lowest BCUT2D eigenvalue weighted by Gasteiger charge is -2.20. The van der Waals surface area contributed by atoms with E-state index in [-0.39, 0.29) is 46.0 Å². The molecule has 0 spiro atoms. The van der Waals surface area contributed by atoms with E-state index < -0.39 is 14.9 Å². The van der Waals surface area contributed by atoms with Crippen LogP contribution in [0, 0.1) is 17.0 Å². The van der Waals surface area contributed by atoms with Crippen LogP contribution in [-0.2, 0) is 10.0 Å². The average Bonchev–Trinajstić information content (AvgIpc) is 2.40. The Hall–Kier alpha value is -0.600. The zero-order chi connectivity index (χ0) is 16.2. The predicted molar refractivity (Wildman–Crippen MR) is 83.0 cm³/mol. The molecule has 0 atom stereocenters. The van der Waals surface area contributed by atoms with Crippen molar-refractivity contribution in [2.75, 3.05) is 24.8 Å². The van der Waals surface area contributed by atoms with E-state index in [9.17, 15) is 18.5 Å². The summed E-state index contributed by atoms with van der Waals surface area (Å²) in [7, 11) is -3.95. The highest BCUT2D eigenvalue weighted by Gasteiger charge is 2.27. The van der Waals surface area contributed by atoms with Gasteiger partial charge in [-0.15, -0.1) is 23.2 Å². The van der Waals surface area contributed by atoms with E-state index in [1.54, 1.807) is 0 Å². The first kappa shape index (κ1) is 18.4. The molecule has 1 rings (SSSR count). The van der Waals surface area contributed by atoms with Crippen molar-refractivity contribution < 1.29 is 13.3 Å². The van der Waals surface area contributed by atoms with Crippen molar-refractivity contribution in [1.82, 2.24) is 4.31 Å². The topological polar surface area (TPSA) is 80.5 Å². The SMILES string of the molecule is Cc1c(Cl)cc(S(=O)(=O)N(CCCl)CCCl)cc1[N+](=O)[O-]. The quantitative estimate of drug-likeness (QED) is 0.417. The van der Waals surface area contributed by atoms with Gasteiger partial charge in [0.15, 0.2) is 0 Å². The summed E-state index contributed by atoms with van der Waals surface area (Å²) in [6.07, 6.45) is 0. The third-order valence-corrected chi connectivity index (χ3v) is 5.40. The zero-order valence-corrected chi connectivity index (χ0v) is 14.1. The summed E-state index contributed by atoms with van der Waals surface area (Å²) >= 11 is 17.0. The van der Waals surface area contributed by atoms with Gasteiger partial charge in [0, 0.05) is 36.5 Å². The Kier molecular flexibility index (Phi) is 6.68. The smallest absolute Gasteiger partial charge is 0.258 e. The van der Waals surface area contributed by atoms with Crippen molar-refractivity contribution >= 4 is 50.5 Å². The van der Waals surface area contributed by atoms with Crippen molar-refractivity contribution in [3.8, 4) is 0 Å². The molecule has 118 valence electrons. The van der Waals surface area contributed by atoms with Crippen molar-refractivity contribution in [2.45, 2.75) is 11.8 Å². The molecule has 21 heavy (non-hydrogen) atoms. The number of nitro benzene ring substituents is 1. The summed E-state index contributed by atoms with van der Waals surface area (Å²) in [5, 5.41) is 11.0. The molecule has 0 aliphatic heterocycles. The van der Waals surface area contributed by atoms with Crippen LogP contribution in [0.1, 0.15) is 5.56 Å². The van der Waals surface area contributed by atoms with E-state index in [0.29, 0.717) is 0 Å². The maximum absolute atomic E-state index is 12.5. The molecule has 0 radical (unpaired) electrons. The summed E-state index contributed by atoms with van der Waals surface area (Å²) in [4.78, 5) is 10.0. The molecule has 0 amide bonds. The largest absolute Gasteiger partial charge is 0.275 e. The molecule has 1 aromatic rings. The third-order valence-electron chi connectivity index (χ3n) is 2.79. The molecule has 0 saturated heterocycles. The lowest BCUT2D eigenvalue weighted by molar-refractivity contribution is -0.385. The monoisotopic (exact) mass is 374 g/mol. The van der Waals surface area contributed by atoms with Gasteiger partial charge >= 0.3 is 0 Å². The van der Waals surface area contributed by atoms with Crippen LogP contribution in [0.4, 0.5) is 5.69 Å². The molecular weight excluding hydrogens is 363 g/mol. The van der Waals surface area contributed by atoms with Gasteiger partial charge in [0.1, 0.15) is 0 Å². The second-order valence-corrected chi connectivity index (χ2v) is 7.19. The molecule has 0 aliphatic carbocycles. The summed E-state index contributed by atoms with van der Waals surface area (Å²) < 4.78 is 26.0. The molecule has 0 heterocycles. The average molecular weight is 376 g/mol. The van der Waals surface area contributed by atoms with Crippen LogP contribution in [0.5, 0.6) is 0 Å². The van der Waals surface area contributed by atoms with Crippen molar-refractivity contribution in [1.29, 1.82) is 0 Å². The van der Waals surface area contributed by atoms with Gasteiger partial charge in [-0.1, -0.05) is 11.6 Å². The van der Waals surface area contributed by atoms with Crippen LogP contribution in [0.15, 0.2) is 17.0 Å². The first-order valence-corrected chi connectivity index (χ1v) is 8.71. The van der Waals surface area contributed by atoms with E-state index in [1.807, 2.05) is 0 Å². The molecule has 0 unspecified atom stereocenters. The predicted octanol–water partition coefficient (Wildman–Crippen LogP) is 3.02. The number of sulfonamides is 1. The second kappa shape index (κ2) is 7.60. The first-order valence-electron chi connectivity index (χ1n) is 5.82. The van der Waals surface area contributed by atoms with Gasteiger partial charge in [0.2, 0.25) is 10.0 Å². The molecule has 0 bridgehead atoms. The number of alkyl halides is 2. The number of nitro groups is 1. The van der Waals surface area contributed by atoms with E-state index in [1.165, 1.54) is 13.0 Å². The van der Waals surface area contributed by atoms with Crippen LogP contribution < -0.4 is 0 Å². The second-order valence-electron chi connectivity index (χ2n) is 4.09. The van der Waals surface area contributed by atoms with Crippen molar-refractivity contribution in [3.63, 3.8) is 0 Å². The number of benzene rings is 1. The summed E-state index contributed by atoms with van der Waals surface area (Å²) in [5.41, 5.74) is -0.139. The van der Waals surface area contributed by atoms with Gasteiger partial charge in [-0.2, -0.15) is 4.31 Å². The highest BCUT2D eigenvalue weighted by molar-refractivity contribution is 7.89. The Morgan fingerprint density at radius 3 is 2.19 bits per heavy atom. The third kappa shape index (κ3) is 4.20. The van der Waals surface area contributed by atoms with Crippen LogP contribution in [0.2, 0.25) is 5.02 Å². The highest BCUT2D eigenvalue weighted by atomic mass is 35.5. The number of hydrogen-bond donors (Lipinski definition) is 0. The van der Waals surface area contributed by atoms with Gasteiger partial charge < -0.3 is 0 Å². The summed E-state index contributed by atoms with van der Waals surface area (Å²) in [6, 6.07) is 2.18. The molecule has 0 N–H and O–H groups in total. The van der Waals surface area contributed by atoms with Gasteiger partial charge in [-0.05, 0) is 13.0 Å². The maximum Gasteiger partial charge on any atom is 0.275 e. The maximum atomic E-state index is 12.5. The fourth-order valence-corrected chi connectivity index (χ4v) is 4.04. The van der Waals surface area contributed by atoms with Crippen LogP contribution in [-0.4, -0.2) is 42.5 Å². The summed E-state index contributed by atoms with van der Waals surface area (Å²) in [5.74, 6) is 0.162. The Labute approximate surface area is 137 Å². The minimum Gasteiger partial charge on any atom is -0.258 e. The molecule has 1 aromatic carbocycles. The standard InChI is InChI=1S/C11H13Cl3N2O4S/c1-8-10(14)6-9(7-11(8)16(17)18)21(19,20)15(4-2-12)5-3-13/h6-7H,2-5H2,1H3. The van der Waals surface area contributed by atoms with Crippen LogP contribution >= 0.6 is 34.8 Å². The summed E-state index contributed by atoms with van der Waals surface area (Å²) in [6.45, 7) is 1.55. The fraction of sp³-hybridized carbons (Fsp3) is 0.455. The Morgan fingerprint density at radius 1 is 1.24 bits per heavy atom. The van der Waals surface area contributed by atoms with E-state index in [4.69, 9.17) is 34.8 Å². The molecule has 0 saturated carbocycles. The minimum absolute atomic E-state index is 0.0134. The van der Waals surface area contributed by atoms with Gasteiger partial charge in [-0.3, -0.25) is 10.1 Å². The lowest BCUT2D eigenvalue weighted by Crippen LogP contribution is -2.34. The molecule has 0 aromatic heterocycles. The molecule has 10 heteroatoms. The number of hydrogen-bond acceptors (Lipinski definition) is 4. The van der Waals surface area contributed by atoms with Crippen LogP contribution in [0.3, 0.4) is 0 Å². The molecular formula is C11H13Cl3N2O4S. The molecule has 0 aliphatic rings. The molecule has 6 nitrogen and oxygen atoms in total. The Morgan fingerprint density at radius 2 is 1.76 bits per heavy atom. The van der Waals surface area contributed by atoms with E-state index in [0.717, 1.165) is 10.4 Å². The van der Waals surface area contributed by atoms with Gasteiger partial charge in [-0.25, -0.2) is 8.42 Å². The fourth-order valence-electron chi connectivity index (χ4n) is 1.67. The van der Waals surface area contributed by atoms with E-state index >= 15 is 0 Å². The van der Waals surface area contributed by atoms with Gasteiger partial charge in [0.05, 0.1) is 14.8 Å². The number of nitrogens with zero attached hydrogens (tertiary/aromatic N) is 2. The zero-order valence-electron chi connectivity index (χ0n) is 11.1. The van der Waals surface area contributed by atoms with Crippen LogP contribution in [0.25, 0.3) is 0 Å². The van der Waals surface area contributed by atoms with E-state index in [2.05, 4.69) is 0 Å². The molecule has 0 fully saturated rings. The van der Waals surface area contributed by atoms with Gasteiger partial charge in [0.25, 0.3) is 5.69 Å². The van der Waals surface area contributed by atoms with Crippen molar-refractivity contribution in [3.05, 3.63) is 32.8 Å². The highest BCUT2D eigenvalue weighted by Crippen LogP contribution is 2.30. The first-order chi connectivity index (χ1) is 9.75. The Balaban J connectivity index is 3.40. The lowest BCUT2D eigenvalue weighted by atomic mass is 10.2. The minimum atomic E-state index is -3.95. The Bertz CT molecular complexity index is 631.